The summed E-state index contributed by atoms with van der Waals surface area (Å²) in [5.41, 5.74) is 1.77. The first-order valence-electron chi connectivity index (χ1n) is 6.26. The molecule has 0 radical (unpaired) electrons. The molecule has 0 saturated heterocycles. The molecule has 0 spiro atoms. The first-order valence-corrected chi connectivity index (χ1v) is 6.26. The Morgan fingerprint density at radius 3 is 2.95 bits per heavy atom. The Morgan fingerprint density at radius 2 is 2.15 bits per heavy atom. The third-order valence-electron chi connectivity index (χ3n) is 3.06. The molecule has 0 atom stereocenters. The van der Waals surface area contributed by atoms with E-state index in [2.05, 4.69) is 15.1 Å². The third-order valence-corrected chi connectivity index (χ3v) is 3.06. The molecule has 0 aliphatic heterocycles. The molecule has 1 aromatic carbocycles. The molecular formula is C14H14FN5. The SMILES string of the molecule is Cc1cc(N(C)Cc2cccc(F)c2)n2ncnc2n1. The number of halogens is 1. The fourth-order valence-electron chi connectivity index (χ4n) is 2.17. The van der Waals surface area contributed by atoms with E-state index in [9.17, 15) is 4.39 Å². The number of hydrogen-bond acceptors (Lipinski definition) is 4. The number of benzene rings is 1. The Labute approximate surface area is 115 Å². The molecular weight excluding hydrogens is 257 g/mol. The lowest BCUT2D eigenvalue weighted by Gasteiger charge is -2.20. The van der Waals surface area contributed by atoms with E-state index in [0.29, 0.717) is 12.3 Å². The number of nitrogens with zero attached hydrogens (tertiary/aromatic N) is 5. The van der Waals surface area contributed by atoms with Crippen molar-refractivity contribution in [2.24, 2.45) is 0 Å². The van der Waals surface area contributed by atoms with E-state index in [4.69, 9.17) is 0 Å². The molecule has 6 heteroatoms. The van der Waals surface area contributed by atoms with Crippen molar-refractivity contribution in [3.63, 3.8) is 0 Å². The lowest BCUT2D eigenvalue weighted by molar-refractivity contribution is 0.625. The maximum absolute atomic E-state index is 13.2. The number of fused-ring (bicyclic) bond motifs is 1. The van der Waals surface area contributed by atoms with Crippen LogP contribution < -0.4 is 4.90 Å². The molecule has 2 aromatic heterocycles. The van der Waals surface area contributed by atoms with Gasteiger partial charge in [-0.1, -0.05) is 12.1 Å². The molecule has 0 aliphatic rings. The zero-order chi connectivity index (χ0) is 14.1. The van der Waals surface area contributed by atoms with Crippen molar-refractivity contribution in [2.45, 2.75) is 13.5 Å². The van der Waals surface area contributed by atoms with Crippen molar-refractivity contribution >= 4 is 11.6 Å². The normalized spacial score (nSPS) is 10.9. The van der Waals surface area contributed by atoms with Gasteiger partial charge in [0.05, 0.1) is 0 Å². The summed E-state index contributed by atoms with van der Waals surface area (Å²) in [4.78, 5) is 10.4. The van der Waals surface area contributed by atoms with Gasteiger partial charge in [0.1, 0.15) is 18.0 Å². The molecule has 3 aromatic rings. The average molecular weight is 271 g/mol. The van der Waals surface area contributed by atoms with Gasteiger partial charge in [-0.05, 0) is 24.6 Å². The Hall–Kier alpha value is -2.50. The quantitative estimate of drug-likeness (QED) is 0.732. The first kappa shape index (κ1) is 12.5. The highest BCUT2D eigenvalue weighted by Gasteiger charge is 2.10. The zero-order valence-electron chi connectivity index (χ0n) is 11.3. The van der Waals surface area contributed by atoms with Crippen LogP contribution in [0.2, 0.25) is 0 Å². The van der Waals surface area contributed by atoms with Crippen LogP contribution in [-0.4, -0.2) is 26.6 Å². The third kappa shape index (κ3) is 2.32. The van der Waals surface area contributed by atoms with E-state index >= 15 is 0 Å². The zero-order valence-corrected chi connectivity index (χ0v) is 11.3. The summed E-state index contributed by atoms with van der Waals surface area (Å²) in [5.74, 6) is 1.20. The van der Waals surface area contributed by atoms with Gasteiger partial charge < -0.3 is 4.90 Å². The van der Waals surface area contributed by atoms with Crippen LogP contribution in [0.15, 0.2) is 36.7 Å². The van der Waals surface area contributed by atoms with E-state index in [-0.39, 0.29) is 5.82 Å². The monoisotopic (exact) mass is 271 g/mol. The van der Waals surface area contributed by atoms with Crippen molar-refractivity contribution in [3.05, 3.63) is 53.7 Å². The summed E-state index contributed by atoms with van der Waals surface area (Å²) in [6, 6.07) is 8.51. The molecule has 5 nitrogen and oxygen atoms in total. The summed E-state index contributed by atoms with van der Waals surface area (Å²) >= 11 is 0. The summed E-state index contributed by atoms with van der Waals surface area (Å²) in [6.07, 6.45) is 1.47. The number of aryl methyl sites for hydroxylation is 1. The standard InChI is InChI=1S/C14H14FN5/c1-10-6-13(20-14(18-10)16-9-17-20)19(2)8-11-4-3-5-12(15)7-11/h3-7,9H,8H2,1-2H3. The molecule has 0 bridgehead atoms. The Morgan fingerprint density at radius 1 is 1.30 bits per heavy atom. The van der Waals surface area contributed by atoms with Gasteiger partial charge in [-0.25, -0.2) is 9.37 Å². The van der Waals surface area contributed by atoms with E-state index in [0.717, 1.165) is 17.1 Å². The Kier molecular flexibility index (Phi) is 3.06. The van der Waals surface area contributed by atoms with E-state index in [1.54, 1.807) is 10.6 Å². The average Bonchev–Trinajstić information content (AvgIpc) is 2.85. The Bertz CT molecular complexity index is 752. The molecule has 102 valence electrons. The summed E-state index contributed by atoms with van der Waals surface area (Å²) in [6.45, 7) is 2.49. The van der Waals surface area contributed by atoms with E-state index < -0.39 is 0 Å². The largest absolute Gasteiger partial charge is 0.355 e. The second-order valence-electron chi connectivity index (χ2n) is 4.71. The van der Waals surface area contributed by atoms with E-state index in [1.807, 2.05) is 31.0 Å². The predicted octanol–water partition coefficient (Wildman–Crippen LogP) is 2.21. The van der Waals surface area contributed by atoms with Gasteiger partial charge in [0, 0.05) is 25.4 Å². The first-order chi connectivity index (χ1) is 9.63. The molecule has 3 rings (SSSR count). The topological polar surface area (TPSA) is 46.3 Å². The maximum Gasteiger partial charge on any atom is 0.254 e. The van der Waals surface area contributed by atoms with Crippen molar-refractivity contribution in [3.8, 4) is 0 Å². The van der Waals surface area contributed by atoms with Crippen LogP contribution in [0.3, 0.4) is 0 Å². The van der Waals surface area contributed by atoms with Gasteiger partial charge >= 0.3 is 0 Å². The van der Waals surface area contributed by atoms with Gasteiger partial charge in [-0.15, -0.1) is 0 Å². The van der Waals surface area contributed by atoms with E-state index in [1.165, 1.54) is 18.5 Å². The van der Waals surface area contributed by atoms with Crippen LogP contribution in [-0.2, 0) is 6.54 Å². The van der Waals surface area contributed by atoms with Gasteiger partial charge in [-0.2, -0.15) is 14.6 Å². The number of hydrogen-bond donors (Lipinski definition) is 0. The summed E-state index contributed by atoms with van der Waals surface area (Å²) < 4.78 is 14.9. The highest BCUT2D eigenvalue weighted by atomic mass is 19.1. The minimum absolute atomic E-state index is 0.229. The maximum atomic E-state index is 13.2. The van der Waals surface area contributed by atoms with Crippen LogP contribution in [0.4, 0.5) is 10.2 Å². The minimum atomic E-state index is -0.229. The van der Waals surface area contributed by atoms with Crippen LogP contribution in [0.25, 0.3) is 5.78 Å². The lowest BCUT2D eigenvalue weighted by atomic mass is 10.2. The van der Waals surface area contributed by atoms with Crippen molar-refractivity contribution in [1.29, 1.82) is 0 Å². The molecule has 0 unspecified atom stereocenters. The molecule has 0 amide bonds. The molecule has 0 fully saturated rings. The lowest BCUT2D eigenvalue weighted by Crippen LogP contribution is -2.20. The van der Waals surface area contributed by atoms with Crippen molar-refractivity contribution < 1.29 is 4.39 Å². The van der Waals surface area contributed by atoms with Crippen LogP contribution in [0.1, 0.15) is 11.3 Å². The highest BCUT2D eigenvalue weighted by molar-refractivity contribution is 5.47. The van der Waals surface area contributed by atoms with Gasteiger partial charge in [-0.3, -0.25) is 0 Å². The molecule has 0 aliphatic carbocycles. The molecule has 0 saturated carbocycles. The fourth-order valence-corrected chi connectivity index (χ4v) is 2.17. The summed E-state index contributed by atoms with van der Waals surface area (Å²) in [7, 11) is 1.93. The molecule has 20 heavy (non-hydrogen) atoms. The molecule has 2 heterocycles. The van der Waals surface area contributed by atoms with Gasteiger partial charge in [0.25, 0.3) is 5.78 Å². The number of aromatic nitrogens is 4. The van der Waals surface area contributed by atoms with Crippen LogP contribution in [0.5, 0.6) is 0 Å². The minimum Gasteiger partial charge on any atom is -0.355 e. The Balaban J connectivity index is 1.96. The van der Waals surface area contributed by atoms with Crippen molar-refractivity contribution in [1.82, 2.24) is 19.6 Å². The van der Waals surface area contributed by atoms with Crippen LogP contribution >= 0.6 is 0 Å². The molecule has 0 N–H and O–H groups in total. The van der Waals surface area contributed by atoms with Gasteiger partial charge in [0.2, 0.25) is 0 Å². The van der Waals surface area contributed by atoms with Crippen LogP contribution in [0, 0.1) is 12.7 Å². The smallest absolute Gasteiger partial charge is 0.254 e. The fraction of sp³-hybridized carbons (Fsp3) is 0.214. The number of anilines is 1. The van der Waals surface area contributed by atoms with Gasteiger partial charge in [0.15, 0.2) is 0 Å². The predicted molar refractivity (Wildman–Crippen MR) is 74.0 cm³/mol. The second kappa shape index (κ2) is 4.88. The van der Waals surface area contributed by atoms with Crippen molar-refractivity contribution in [2.75, 3.05) is 11.9 Å². The second-order valence-corrected chi connectivity index (χ2v) is 4.71. The number of rotatable bonds is 3. The summed E-state index contributed by atoms with van der Waals surface area (Å²) in [5, 5.41) is 4.17. The highest BCUT2D eigenvalue weighted by Crippen LogP contribution is 2.17.